The molecule has 1 N–H and O–H groups in total. The minimum Gasteiger partial charge on any atom is -0.319 e. The second kappa shape index (κ2) is 5.95. The van der Waals surface area contributed by atoms with E-state index < -0.39 is 0 Å². The van der Waals surface area contributed by atoms with E-state index in [9.17, 15) is 4.79 Å². The van der Waals surface area contributed by atoms with Gasteiger partial charge in [-0.2, -0.15) is 0 Å². The van der Waals surface area contributed by atoms with Crippen LogP contribution in [0.15, 0.2) is 29.2 Å². The summed E-state index contributed by atoms with van der Waals surface area (Å²) in [6.07, 6.45) is 2.99. The Hall–Kier alpha value is -1.72. The fourth-order valence-electron chi connectivity index (χ4n) is 3.13. The quantitative estimate of drug-likeness (QED) is 0.912. The minimum absolute atomic E-state index is 0.00433. The molecule has 1 saturated heterocycles. The molecule has 3 heterocycles. The van der Waals surface area contributed by atoms with E-state index in [4.69, 9.17) is 0 Å². The maximum absolute atomic E-state index is 12.2. The van der Waals surface area contributed by atoms with Crippen LogP contribution in [0.1, 0.15) is 17.7 Å². The molecule has 0 spiro atoms. The van der Waals surface area contributed by atoms with Gasteiger partial charge in [0.1, 0.15) is 5.65 Å². The SMILES string of the molecule is CNCC1CCN(Cc2cc(=O)n3cccc(C)c3n2)C1. The molecule has 0 aliphatic carbocycles. The number of likely N-dealkylation sites (tertiary alicyclic amines) is 1. The zero-order chi connectivity index (χ0) is 14.8. The number of fused-ring (bicyclic) bond motifs is 1. The van der Waals surface area contributed by atoms with E-state index >= 15 is 0 Å². The summed E-state index contributed by atoms with van der Waals surface area (Å²) in [6.45, 7) is 5.98. The van der Waals surface area contributed by atoms with Crippen LogP contribution in [0.5, 0.6) is 0 Å². The summed E-state index contributed by atoms with van der Waals surface area (Å²) in [4.78, 5) is 19.3. The molecule has 1 atom stereocenters. The Labute approximate surface area is 124 Å². The van der Waals surface area contributed by atoms with Crippen LogP contribution in [0.2, 0.25) is 0 Å². The molecular weight excluding hydrogens is 264 g/mol. The van der Waals surface area contributed by atoms with Crippen molar-refractivity contribution < 1.29 is 0 Å². The summed E-state index contributed by atoms with van der Waals surface area (Å²) in [5, 5.41) is 3.24. The Balaban J connectivity index is 1.82. The van der Waals surface area contributed by atoms with Crippen LogP contribution >= 0.6 is 0 Å². The zero-order valence-electron chi connectivity index (χ0n) is 12.7. The van der Waals surface area contributed by atoms with E-state index in [1.807, 2.05) is 26.1 Å². The van der Waals surface area contributed by atoms with Crippen molar-refractivity contribution in [3.63, 3.8) is 0 Å². The highest BCUT2D eigenvalue weighted by molar-refractivity contribution is 5.46. The van der Waals surface area contributed by atoms with Gasteiger partial charge in [0.05, 0.1) is 5.69 Å². The predicted octanol–water partition coefficient (Wildman–Crippen LogP) is 1.04. The summed E-state index contributed by atoms with van der Waals surface area (Å²) in [5.74, 6) is 0.707. The van der Waals surface area contributed by atoms with Gasteiger partial charge in [0, 0.05) is 25.4 Å². The largest absolute Gasteiger partial charge is 0.319 e. The highest BCUT2D eigenvalue weighted by Crippen LogP contribution is 2.17. The second-order valence-electron chi connectivity index (χ2n) is 5.92. The van der Waals surface area contributed by atoms with E-state index in [1.165, 1.54) is 6.42 Å². The van der Waals surface area contributed by atoms with Crippen molar-refractivity contribution in [3.8, 4) is 0 Å². The third-order valence-electron chi connectivity index (χ3n) is 4.19. The molecule has 112 valence electrons. The normalized spacial score (nSPS) is 19.4. The van der Waals surface area contributed by atoms with Crippen LogP contribution in [0.4, 0.5) is 0 Å². The molecular formula is C16H22N4O. The average Bonchev–Trinajstić information content (AvgIpc) is 2.88. The third kappa shape index (κ3) is 2.99. The van der Waals surface area contributed by atoms with Crippen LogP contribution < -0.4 is 10.9 Å². The van der Waals surface area contributed by atoms with Crippen molar-refractivity contribution in [1.29, 1.82) is 0 Å². The molecule has 0 bridgehead atoms. The van der Waals surface area contributed by atoms with Gasteiger partial charge in [0.15, 0.2) is 0 Å². The van der Waals surface area contributed by atoms with E-state index in [0.29, 0.717) is 5.92 Å². The van der Waals surface area contributed by atoms with Gasteiger partial charge in [-0.05, 0) is 51.0 Å². The molecule has 21 heavy (non-hydrogen) atoms. The summed E-state index contributed by atoms with van der Waals surface area (Å²) >= 11 is 0. The number of hydrogen-bond donors (Lipinski definition) is 1. The summed E-state index contributed by atoms with van der Waals surface area (Å²) in [5.41, 5.74) is 2.68. The molecule has 0 saturated carbocycles. The molecule has 5 heteroatoms. The Morgan fingerprint density at radius 2 is 2.33 bits per heavy atom. The first-order valence-corrected chi connectivity index (χ1v) is 7.52. The van der Waals surface area contributed by atoms with Gasteiger partial charge in [-0.3, -0.25) is 14.1 Å². The monoisotopic (exact) mass is 286 g/mol. The molecule has 0 radical (unpaired) electrons. The first-order chi connectivity index (χ1) is 10.2. The first-order valence-electron chi connectivity index (χ1n) is 7.52. The fourth-order valence-corrected chi connectivity index (χ4v) is 3.13. The highest BCUT2D eigenvalue weighted by atomic mass is 16.1. The number of pyridine rings is 1. The maximum atomic E-state index is 12.2. The topological polar surface area (TPSA) is 49.6 Å². The molecule has 1 unspecified atom stereocenters. The molecule has 0 amide bonds. The molecule has 2 aromatic rings. The van der Waals surface area contributed by atoms with Gasteiger partial charge in [0.2, 0.25) is 0 Å². The van der Waals surface area contributed by atoms with Crippen LogP contribution in [-0.2, 0) is 6.54 Å². The van der Waals surface area contributed by atoms with Crippen molar-refractivity contribution in [2.75, 3.05) is 26.7 Å². The van der Waals surface area contributed by atoms with Gasteiger partial charge in [0.25, 0.3) is 5.56 Å². The minimum atomic E-state index is 0.00433. The molecule has 1 aliphatic rings. The van der Waals surface area contributed by atoms with Gasteiger partial charge < -0.3 is 5.32 Å². The highest BCUT2D eigenvalue weighted by Gasteiger charge is 2.22. The van der Waals surface area contributed by atoms with Gasteiger partial charge >= 0.3 is 0 Å². The second-order valence-corrected chi connectivity index (χ2v) is 5.92. The number of nitrogens with one attached hydrogen (secondary N) is 1. The first kappa shape index (κ1) is 14.2. The molecule has 0 aromatic carbocycles. The lowest BCUT2D eigenvalue weighted by Gasteiger charge is -2.16. The lowest BCUT2D eigenvalue weighted by molar-refractivity contribution is 0.311. The van der Waals surface area contributed by atoms with Crippen molar-refractivity contribution in [2.45, 2.75) is 19.9 Å². The number of hydrogen-bond acceptors (Lipinski definition) is 4. The van der Waals surface area contributed by atoms with Crippen molar-refractivity contribution in [3.05, 3.63) is 46.0 Å². The maximum Gasteiger partial charge on any atom is 0.258 e. The van der Waals surface area contributed by atoms with Gasteiger partial charge in [-0.1, -0.05) is 6.07 Å². The average molecular weight is 286 g/mol. The van der Waals surface area contributed by atoms with Crippen LogP contribution in [0.25, 0.3) is 5.65 Å². The molecule has 2 aromatic heterocycles. The summed E-state index contributed by atoms with van der Waals surface area (Å²) < 4.78 is 1.62. The van der Waals surface area contributed by atoms with Crippen LogP contribution in [-0.4, -0.2) is 41.0 Å². The Bertz CT molecular complexity index is 694. The number of nitrogens with zero attached hydrogens (tertiary/aromatic N) is 3. The smallest absolute Gasteiger partial charge is 0.258 e. The van der Waals surface area contributed by atoms with Gasteiger partial charge in [-0.15, -0.1) is 0 Å². The number of rotatable bonds is 4. The molecule has 5 nitrogen and oxygen atoms in total. The van der Waals surface area contributed by atoms with E-state index in [2.05, 4.69) is 15.2 Å². The van der Waals surface area contributed by atoms with Gasteiger partial charge in [-0.25, -0.2) is 4.98 Å². The molecule has 1 fully saturated rings. The van der Waals surface area contributed by atoms with E-state index in [0.717, 1.165) is 43.1 Å². The standard InChI is InChI=1S/C16H22N4O/c1-12-4-3-6-20-15(21)8-14(18-16(12)20)11-19-7-5-13(10-19)9-17-2/h3-4,6,8,13,17H,5,7,9-11H2,1-2H3. The summed E-state index contributed by atoms with van der Waals surface area (Å²) in [6, 6.07) is 5.54. The molecule has 1 aliphatic heterocycles. The lowest BCUT2D eigenvalue weighted by Crippen LogP contribution is -2.26. The van der Waals surface area contributed by atoms with Crippen molar-refractivity contribution in [2.24, 2.45) is 5.92 Å². The third-order valence-corrected chi connectivity index (χ3v) is 4.19. The Morgan fingerprint density at radius 3 is 3.14 bits per heavy atom. The van der Waals surface area contributed by atoms with Crippen molar-refractivity contribution in [1.82, 2.24) is 19.6 Å². The fraction of sp³-hybridized carbons (Fsp3) is 0.500. The van der Waals surface area contributed by atoms with Crippen LogP contribution in [0.3, 0.4) is 0 Å². The molecule has 3 rings (SSSR count). The van der Waals surface area contributed by atoms with E-state index in [1.54, 1.807) is 16.7 Å². The number of aryl methyl sites for hydroxylation is 1. The van der Waals surface area contributed by atoms with Crippen LogP contribution in [0, 0.1) is 12.8 Å². The lowest BCUT2D eigenvalue weighted by atomic mass is 10.1. The Morgan fingerprint density at radius 1 is 1.48 bits per heavy atom. The predicted molar refractivity (Wildman–Crippen MR) is 83.5 cm³/mol. The zero-order valence-corrected chi connectivity index (χ0v) is 12.7. The summed E-state index contributed by atoms with van der Waals surface area (Å²) in [7, 11) is 2.00. The van der Waals surface area contributed by atoms with Crippen molar-refractivity contribution >= 4 is 5.65 Å². The van der Waals surface area contributed by atoms with E-state index in [-0.39, 0.29) is 5.56 Å². The number of aromatic nitrogens is 2. The Kier molecular flexibility index (Phi) is 4.03.